The molecule has 0 fully saturated rings. The second kappa shape index (κ2) is 20.9. The van der Waals surface area contributed by atoms with Gasteiger partial charge < -0.3 is 10.0 Å². The third kappa shape index (κ3) is 16.5. The molecule has 1 unspecified atom stereocenters. The molecule has 0 radical (unpaired) electrons. The number of carbonyl (C=O) groups is 2. The van der Waals surface area contributed by atoms with E-state index in [4.69, 9.17) is 0 Å². The molecule has 0 spiro atoms. The molecule has 176 valence electrons. The quantitative estimate of drug-likeness (QED) is 0.155. The van der Waals surface area contributed by atoms with Crippen LogP contribution in [-0.4, -0.2) is 35.0 Å². The number of carboxylic acids is 1. The van der Waals surface area contributed by atoms with E-state index in [1.54, 1.807) is 4.90 Å². The number of aliphatic carboxylic acids is 1. The standard InChI is InChI=1S/C26H49NO3/c1-4-7-8-9-10-11-12-13-14-15-16-17-18-19-20-21-22-24(26(29)30)23-25(28)27(5-2)6-3/h17-18,24H,4-16,19-23H2,1-3H3,(H,29,30)/b18-17+. The van der Waals surface area contributed by atoms with Gasteiger partial charge in [0.2, 0.25) is 5.91 Å². The summed E-state index contributed by atoms with van der Waals surface area (Å²) >= 11 is 0. The Labute approximate surface area is 186 Å². The molecule has 4 nitrogen and oxygen atoms in total. The van der Waals surface area contributed by atoms with Gasteiger partial charge >= 0.3 is 5.97 Å². The summed E-state index contributed by atoms with van der Waals surface area (Å²) in [5.41, 5.74) is 0. The molecule has 1 atom stereocenters. The molecule has 30 heavy (non-hydrogen) atoms. The van der Waals surface area contributed by atoms with Gasteiger partial charge in [-0.05, 0) is 46.0 Å². The molecule has 0 aliphatic carbocycles. The zero-order chi connectivity index (χ0) is 22.5. The molecule has 4 heteroatoms. The van der Waals surface area contributed by atoms with E-state index in [9.17, 15) is 14.7 Å². The van der Waals surface area contributed by atoms with Crippen molar-refractivity contribution in [3.8, 4) is 0 Å². The highest BCUT2D eigenvalue weighted by molar-refractivity contribution is 5.82. The van der Waals surface area contributed by atoms with Crippen molar-refractivity contribution in [2.24, 2.45) is 5.92 Å². The molecule has 1 amide bonds. The van der Waals surface area contributed by atoms with E-state index in [1.165, 1.54) is 64.2 Å². The van der Waals surface area contributed by atoms with E-state index < -0.39 is 11.9 Å². The average Bonchev–Trinajstić information content (AvgIpc) is 2.73. The highest BCUT2D eigenvalue weighted by Crippen LogP contribution is 2.16. The first-order valence-corrected chi connectivity index (χ1v) is 12.7. The van der Waals surface area contributed by atoms with E-state index in [-0.39, 0.29) is 12.3 Å². The van der Waals surface area contributed by atoms with Gasteiger partial charge in [-0.25, -0.2) is 0 Å². The molecule has 0 aromatic rings. The summed E-state index contributed by atoms with van der Waals surface area (Å²) in [7, 11) is 0. The normalized spacial score (nSPS) is 12.4. The minimum absolute atomic E-state index is 0.0382. The van der Waals surface area contributed by atoms with Gasteiger partial charge in [-0.3, -0.25) is 9.59 Å². The van der Waals surface area contributed by atoms with Crippen LogP contribution >= 0.6 is 0 Å². The Morgan fingerprint density at radius 2 is 1.20 bits per heavy atom. The van der Waals surface area contributed by atoms with Crippen LogP contribution in [0.5, 0.6) is 0 Å². The molecule has 0 saturated heterocycles. The van der Waals surface area contributed by atoms with Crippen LogP contribution in [0.15, 0.2) is 12.2 Å². The molecular formula is C26H49NO3. The largest absolute Gasteiger partial charge is 0.481 e. The Bertz CT molecular complexity index is 444. The fraction of sp³-hybridized carbons (Fsp3) is 0.846. The van der Waals surface area contributed by atoms with Gasteiger partial charge in [0.15, 0.2) is 0 Å². The highest BCUT2D eigenvalue weighted by atomic mass is 16.4. The van der Waals surface area contributed by atoms with E-state index >= 15 is 0 Å². The SMILES string of the molecule is CCCCCCCCCCCC/C=C/CCCCC(CC(=O)N(CC)CC)C(=O)O. The number of allylic oxidation sites excluding steroid dienone is 2. The van der Waals surface area contributed by atoms with Crippen LogP contribution in [0.25, 0.3) is 0 Å². The van der Waals surface area contributed by atoms with Gasteiger partial charge in [0.1, 0.15) is 0 Å². The van der Waals surface area contributed by atoms with Gasteiger partial charge in [0, 0.05) is 19.5 Å². The molecule has 0 aromatic carbocycles. The molecule has 1 N–H and O–H groups in total. The Hall–Kier alpha value is -1.32. The summed E-state index contributed by atoms with van der Waals surface area (Å²) in [6.45, 7) is 7.41. The lowest BCUT2D eigenvalue weighted by Crippen LogP contribution is -2.33. The van der Waals surface area contributed by atoms with E-state index in [0.717, 1.165) is 25.7 Å². The lowest BCUT2D eigenvalue weighted by molar-refractivity contribution is -0.146. The molecule has 0 heterocycles. The van der Waals surface area contributed by atoms with Crippen LogP contribution in [0.4, 0.5) is 0 Å². The smallest absolute Gasteiger partial charge is 0.307 e. The Morgan fingerprint density at radius 1 is 0.733 bits per heavy atom. The van der Waals surface area contributed by atoms with Crippen LogP contribution in [0.2, 0.25) is 0 Å². The maximum absolute atomic E-state index is 12.1. The Kier molecular flexibility index (Phi) is 20.0. The zero-order valence-corrected chi connectivity index (χ0v) is 20.2. The first-order valence-electron chi connectivity index (χ1n) is 12.7. The average molecular weight is 424 g/mol. The Morgan fingerprint density at radius 3 is 1.67 bits per heavy atom. The minimum Gasteiger partial charge on any atom is -0.481 e. The first kappa shape index (κ1) is 28.7. The van der Waals surface area contributed by atoms with Crippen molar-refractivity contribution >= 4 is 11.9 Å². The van der Waals surface area contributed by atoms with Crippen LogP contribution in [0, 0.1) is 5.92 Å². The van der Waals surface area contributed by atoms with Crippen molar-refractivity contribution in [1.82, 2.24) is 4.90 Å². The number of nitrogens with zero attached hydrogens (tertiary/aromatic N) is 1. The highest BCUT2D eigenvalue weighted by Gasteiger charge is 2.22. The van der Waals surface area contributed by atoms with Gasteiger partial charge in [0.25, 0.3) is 0 Å². The van der Waals surface area contributed by atoms with Gasteiger partial charge in [-0.2, -0.15) is 0 Å². The molecular weight excluding hydrogens is 374 g/mol. The zero-order valence-electron chi connectivity index (χ0n) is 20.2. The summed E-state index contributed by atoms with van der Waals surface area (Å²) < 4.78 is 0. The summed E-state index contributed by atoms with van der Waals surface area (Å²) in [6.07, 6.45) is 23.0. The van der Waals surface area contributed by atoms with Gasteiger partial charge in [-0.15, -0.1) is 0 Å². The fourth-order valence-corrected chi connectivity index (χ4v) is 3.87. The van der Waals surface area contributed by atoms with Crippen molar-refractivity contribution < 1.29 is 14.7 Å². The van der Waals surface area contributed by atoms with Crippen molar-refractivity contribution in [3.05, 3.63) is 12.2 Å². The van der Waals surface area contributed by atoms with Crippen LogP contribution in [0.1, 0.15) is 124 Å². The summed E-state index contributed by atoms with van der Waals surface area (Å²) in [5, 5.41) is 9.39. The number of amides is 1. The third-order valence-electron chi connectivity index (χ3n) is 5.95. The van der Waals surface area contributed by atoms with Crippen molar-refractivity contribution in [2.45, 2.75) is 124 Å². The number of carboxylic acid groups (broad SMARTS) is 1. The first-order chi connectivity index (χ1) is 14.6. The molecule has 0 aliphatic rings. The second-order valence-corrected chi connectivity index (χ2v) is 8.53. The lowest BCUT2D eigenvalue weighted by Gasteiger charge is -2.21. The topological polar surface area (TPSA) is 57.6 Å². The molecule has 0 aliphatic heterocycles. The van der Waals surface area contributed by atoms with E-state index in [2.05, 4.69) is 19.1 Å². The number of carbonyl (C=O) groups excluding carboxylic acids is 1. The Balaban J connectivity index is 3.65. The number of unbranched alkanes of at least 4 members (excludes halogenated alkanes) is 12. The van der Waals surface area contributed by atoms with Crippen molar-refractivity contribution in [1.29, 1.82) is 0 Å². The van der Waals surface area contributed by atoms with Crippen LogP contribution in [-0.2, 0) is 9.59 Å². The third-order valence-corrected chi connectivity index (χ3v) is 5.95. The van der Waals surface area contributed by atoms with Gasteiger partial charge in [0.05, 0.1) is 5.92 Å². The summed E-state index contributed by atoms with van der Waals surface area (Å²) in [6, 6.07) is 0. The molecule has 0 rings (SSSR count). The van der Waals surface area contributed by atoms with Gasteiger partial charge in [-0.1, -0.05) is 83.3 Å². The van der Waals surface area contributed by atoms with E-state index in [0.29, 0.717) is 19.5 Å². The number of hydrogen-bond acceptors (Lipinski definition) is 2. The fourth-order valence-electron chi connectivity index (χ4n) is 3.87. The van der Waals surface area contributed by atoms with E-state index in [1.807, 2.05) is 13.8 Å². The van der Waals surface area contributed by atoms with Crippen LogP contribution < -0.4 is 0 Å². The van der Waals surface area contributed by atoms with Crippen molar-refractivity contribution in [3.63, 3.8) is 0 Å². The molecule has 0 bridgehead atoms. The summed E-state index contributed by atoms with van der Waals surface area (Å²) in [5.74, 6) is -1.43. The molecule has 0 saturated carbocycles. The maximum atomic E-state index is 12.1. The predicted molar refractivity (Wildman–Crippen MR) is 128 cm³/mol. The minimum atomic E-state index is -0.841. The predicted octanol–water partition coefficient (Wildman–Crippen LogP) is 7.37. The number of rotatable bonds is 21. The molecule has 0 aromatic heterocycles. The monoisotopic (exact) mass is 423 g/mol. The second-order valence-electron chi connectivity index (χ2n) is 8.53. The summed E-state index contributed by atoms with van der Waals surface area (Å²) in [4.78, 5) is 25.3. The van der Waals surface area contributed by atoms with Crippen molar-refractivity contribution in [2.75, 3.05) is 13.1 Å². The lowest BCUT2D eigenvalue weighted by atomic mass is 9.97. The van der Waals surface area contributed by atoms with Crippen LogP contribution in [0.3, 0.4) is 0 Å². The number of hydrogen-bond donors (Lipinski definition) is 1. The maximum Gasteiger partial charge on any atom is 0.307 e.